The van der Waals surface area contributed by atoms with E-state index in [4.69, 9.17) is 4.74 Å². The number of benzene rings is 1. The Morgan fingerprint density at radius 2 is 2.07 bits per heavy atom. The topological polar surface area (TPSA) is 86.1 Å². The highest BCUT2D eigenvalue weighted by Gasteiger charge is 2.16. The molecule has 152 valence electrons. The maximum Gasteiger partial charge on any atom is 0.338 e. The van der Waals surface area contributed by atoms with Crippen molar-refractivity contribution in [1.82, 2.24) is 14.8 Å². The predicted octanol–water partition coefficient (Wildman–Crippen LogP) is 4.32. The Kier molecular flexibility index (Phi) is 7.05. The van der Waals surface area contributed by atoms with Gasteiger partial charge in [-0.25, -0.2) is 14.5 Å². The molecule has 0 bridgehead atoms. The van der Waals surface area contributed by atoms with Gasteiger partial charge in [0.1, 0.15) is 10.2 Å². The molecule has 0 aliphatic rings. The molecule has 0 atom stereocenters. The summed E-state index contributed by atoms with van der Waals surface area (Å²) >= 11 is 3.15. The van der Waals surface area contributed by atoms with Crippen molar-refractivity contribution in [3.05, 3.63) is 58.7 Å². The fourth-order valence-corrected chi connectivity index (χ4v) is 4.45. The summed E-state index contributed by atoms with van der Waals surface area (Å²) in [7, 11) is 0. The molecule has 29 heavy (non-hydrogen) atoms. The molecule has 2 heterocycles. The van der Waals surface area contributed by atoms with Crippen LogP contribution in [0.3, 0.4) is 0 Å². The number of aryl methyl sites for hydroxylation is 1. The van der Waals surface area contributed by atoms with Gasteiger partial charge in [-0.05, 0) is 32.4 Å². The first-order chi connectivity index (χ1) is 13.9. The lowest BCUT2D eigenvalue weighted by molar-refractivity contribution is -0.119. The van der Waals surface area contributed by atoms with Crippen LogP contribution in [0.25, 0.3) is 0 Å². The molecule has 1 amide bonds. The van der Waals surface area contributed by atoms with Gasteiger partial charge in [0.15, 0.2) is 6.61 Å². The van der Waals surface area contributed by atoms with Crippen LogP contribution in [0.2, 0.25) is 0 Å². The van der Waals surface area contributed by atoms with Gasteiger partial charge in [-0.15, -0.1) is 11.3 Å². The SMILES string of the molecule is Cc1csc(SCc2ccccc2C(=O)OCC(=O)Nc2ccnn2C(C)C)n1. The average Bonchev–Trinajstić information content (AvgIpc) is 3.33. The van der Waals surface area contributed by atoms with E-state index in [1.807, 2.05) is 38.3 Å². The number of hydrogen-bond donors (Lipinski definition) is 1. The standard InChI is InChI=1S/C20H22N4O3S2/c1-13(2)24-17(8-9-21-24)23-18(25)10-27-19(26)16-7-5-4-6-15(16)12-29-20-22-14(3)11-28-20/h4-9,11,13H,10,12H2,1-3H3,(H,23,25). The Morgan fingerprint density at radius 3 is 2.79 bits per heavy atom. The highest BCUT2D eigenvalue weighted by molar-refractivity contribution is 8.00. The van der Waals surface area contributed by atoms with E-state index in [9.17, 15) is 9.59 Å². The summed E-state index contributed by atoms with van der Waals surface area (Å²) in [6, 6.07) is 9.04. The highest BCUT2D eigenvalue weighted by Crippen LogP contribution is 2.27. The van der Waals surface area contributed by atoms with E-state index in [-0.39, 0.29) is 12.6 Å². The molecule has 1 N–H and O–H groups in total. The fraction of sp³-hybridized carbons (Fsp3) is 0.300. The summed E-state index contributed by atoms with van der Waals surface area (Å²) in [5.74, 6) is 0.226. The van der Waals surface area contributed by atoms with Crippen LogP contribution in [0.4, 0.5) is 5.82 Å². The van der Waals surface area contributed by atoms with Gasteiger partial charge in [0.25, 0.3) is 5.91 Å². The number of anilines is 1. The second-order valence-corrected chi connectivity index (χ2v) is 8.66. The van der Waals surface area contributed by atoms with Crippen molar-refractivity contribution >= 4 is 40.8 Å². The predicted molar refractivity (Wildman–Crippen MR) is 114 cm³/mol. The lowest BCUT2D eigenvalue weighted by Gasteiger charge is -2.12. The summed E-state index contributed by atoms with van der Waals surface area (Å²) in [5.41, 5.74) is 2.27. The molecule has 1 aromatic carbocycles. The second-order valence-electron chi connectivity index (χ2n) is 6.58. The van der Waals surface area contributed by atoms with Crippen LogP contribution in [-0.4, -0.2) is 33.2 Å². The number of thiazole rings is 1. The molecule has 9 heteroatoms. The van der Waals surface area contributed by atoms with E-state index in [0.29, 0.717) is 17.1 Å². The zero-order valence-corrected chi connectivity index (χ0v) is 18.0. The lowest BCUT2D eigenvalue weighted by atomic mass is 10.1. The summed E-state index contributed by atoms with van der Waals surface area (Å²) in [4.78, 5) is 29.1. The summed E-state index contributed by atoms with van der Waals surface area (Å²) in [6.07, 6.45) is 1.61. The average molecular weight is 431 g/mol. The number of hydrogen-bond acceptors (Lipinski definition) is 7. The number of carbonyl (C=O) groups is 2. The molecule has 0 aliphatic heterocycles. The zero-order chi connectivity index (χ0) is 20.8. The molecular weight excluding hydrogens is 408 g/mol. The zero-order valence-electron chi connectivity index (χ0n) is 16.4. The number of aromatic nitrogens is 3. The smallest absolute Gasteiger partial charge is 0.338 e. The Balaban J connectivity index is 1.57. The Bertz CT molecular complexity index is 997. The molecule has 3 aromatic rings. The molecule has 0 unspecified atom stereocenters. The molecule has 0 saturated carbocycles. The number of ether oxygens (including phenoxy) is 1. The van der Waals surface area contributed by atoms with E-state index in [2.05, 4.69) is 15.4 Å². The summed E-state index contributed by atoms with van der Waals surface area (Å²) in [6.45, 7) is 5.51. The number of esters is 1. The van der Waals surface area contributed by atoms with Crippen LogP contribution in [-0.2, 0) is 15.3 Å². The van der Waals surface area contributed by atoms with Crippen molar-refractivity contribution in [2.45, 2.75) is 36.9 Å². The van der Waals surface area contributed by atoms with Crippen LogP contribution in [0.1, 0.15) is 41.5 Å². The first kappa shape index (κ1) is 21.1. The van der Waals surface area contributed by atoms with Crippen molar-refractivity contribution in [1.29, 1.82) is 0 Å². The molecule has 0 fully saturated rings. The molecule has 0 radical (unpaired) electrons. The molecule has 0 spiro atoms. The third kappa shape index (κ3) is 5.68. The third-order valence-corrected chi connectivity index (χ3v) is 6.14. The Labute approximate surface area is 177 Å². The number of rotatable bonds is 8. The van der Waals surface area contributed by atoms with Crippen molar-refractivity contribution < 1.29 is 14.3 Å². The second kappa shape index (κ2) is 9.71. The van der Waals surface area contributed by atoms with E-state index < -0.39 is 11.9 Å². The lowest BCUT2D eigenvalue weighted by Crippen LogP contribution is -2.23. The van der Waals surface area contributed by atoms with Gasteiger partial charge < -0.3 is 10.1 Å². The van der Waals surface area contributed by atoms with Crippen LogP contribution in [0, 0.1) is 6.92 Å². The minimum Gasteiger partial charge on any atom is -0.452 e. The quantitative estimate of drug-likeness (QED) is 0.423. The summed E-state index contributed by atoms with van der Waals surface area (Å²) in [5, 5.41) is 8.87. The number of nitrogens with one attached hydrogen (secondary N) is 1. The van der Waals surface area contributed by atoms with E-state index >= 15 is 0 Å². The van der Waals surface area contributed by atoms with Gasteiger partial charge in [-0.2, -0.15) is 5.10 Å². The van der Waals surface area contributed by atoms with Gasteiger partial charge in [0.05, 0.1) is 11.8 Å². The van der Waals surface area contributed by atoms with Gasteiger partial charge >= 0.3 is 5.97 Å². The molecule has 7 nitrogen and oxygen atoms in total. The minimum atomic E-state index is -0.524. The highest BCUT2D eigenvalue weighted by atomic mass is 32.2. The van der Waals surface area contributed by atoms with Crippen molar-refractivity contribution in [2.75, 3.05) is 11.9 Å². The number of carbonyl (C=O) groups excluding carboxylic acids is 2. The molecule has 0 aliphatic carbocycles. The monoisotopic (exact) mass is 430 g/mol. The van der Waals surface area contributed by atoms with Gasteiger partial charge in [-0.1, -0.05) is 30.0 Å². The minimum absolute atomic E-state index is 0.105. The maximum atomic E-state index is 12.5. The van der Waals surface area contributed by atoms with E-state index in [1.165, 1.54) is 0 Å². The normalized spacial score (nSPS) is 10.9. The Hall–Kier alpha value is -2.65. The van der Waals surface area contributed by atoms with Gasteiger partial charge in [0.2, 0.25) is 0 Å². The summed E-state index contributed by atoms with van der Waals surface area (Å²) < 4.78 is 7.87. The number of amides is 1. The van der Waals surface area contributed by atoms with Crippen molar-refractivity contribution in [2.24, 2.45) is 0 Å². The largest absolute Gasteiger partial charge is 0.452 e. The Morgan fingerprint density at radius 1 is 1.28 bits per heavy atom. The fourth-order valence-electron chi connectivity index (χ4n) is 2.60. The molecular formula is C20H22N4O3S2. The first-order valence-corrected chi connectivity index (χ1v) is 10.9. The van der Waals surface area contributed by atoms with Crippen LogP contribution in [0.15, 0.2) is 46.2 Å². The molecule has 0 saturated heterocycles. The van der Waals surface area contributed by atoms with Gasteiger partial charge in [0, 0.05) is 28.9 Å². The number of thioether (sulfide) groups is 1. The van der Waals surface area contributed by atoms with Crippen LogP contribution < -0.4 is 5.32 Å². The van der Waals surface area contributed by atoms with Crippen molar-refractivity contribution in [3.63, 3.8) is 0 Å². The van der Waals surface area contributed by atoms with E-state index in [0.717, 1.165) is 15.6 Å². The molecule has 3 rings (SSSR count). The van der Waals surface area contributed by atoms with E-state index in [1.54, 1.807) is 52.2 Å². The first-order valence-electron chi connectivity index (χ1n) is 9.07. The maximum absolute atomic E-state index is 12.5. The third-order valence-electron chi connectivity index (χ3n) is 3.95. The molecule has 2 aromatic heterocycles. The van der Waals surface area contributed by atoms with Crippen LogP contribution in [0.5, 0.6) is 0 Å². The van der Waals surface area contributed by atoms with Gasteiger partial charge in [-0.3, -0.25) is 4.79 Å². The number of nitrogens with zero attached hydrogens (tertiary/aromatic N) is 3. The van der Waals surface area contributed by atoms with Crippen LogP contribution >= 0.6 is 23.1 Å². The van der Waals surface area contributed by atoms with Crippen molar-refractivity contribution in [3.8, 4) is 0 Å².